The highest BCUT2D eigenvalue weighted by molar-refractivity contribution is 5.95. The third kappa shape index (κ3) is 4.36. The van der Waals surface area contributed by atoms with Gasteiger partial charge < -0.3 is 20.4 Å². The van der Waals surface area contributed by atoms with Crippen LogP contribution in [0.2, 0.25) is 0 Å². The summed E-state index contributed by atoms with van der Waals surface area (Å²) in [5.74, 6) is 0.0265. The average molecular weight is 347 g/mol. The van der Waals surface area contributed by atoms with Crippen molar-refractivity contribution in [2.75, 3.05) is 31.1 Å². The molecular formula is C18H25N3O4. The molecule has 2 heterocycles. The van der Waals surface area contributed by atoms with Crippen molar-refractivity contribution >= 4 is 17.5 Å². The normalized spacial score (nSPS) is 24.1. The number of anilines is 1. The number of amides is 2. The Kier molecular flexibility index (Phi) is 5.67. The molecule has 2 amide bonds. The van der Waals surface area contributed by atoms with E-state index in [-0.39, 0.29) is 31.0 Å². The number of aliphatic hydroxyl groups is 2. The third-order valence-corrected chi connectivity index (χ3v) is 4.87. The van der Waals surface area contributed by atoms with Crippen LogP contribution in [0.4, 0.5) is 5.69 Å². The number of rotatable bonds is 6. The lowest BCUT2D eigenvalue weighted by molar-refractivity contribution is -0.122. The average Bonchev–Trinajstić information content (AvgIpc) is 3.18. The van der Waals surface area contributed by atoms with E-state index in [2.05, 4.69) is 5.32 Å². The van der Waals surface area contributed by atoms with E-state index >= 15 is 0 Å². The summed E-state index contributed by atoms with van der Waals surface area (Å²) in [7, 11) is 0. The molecule has 25 heavy (non-hydrogen) atoms. The van der Waals surface area contributed by atoms with Gasteiger partial charge in [0.25, 0.3) is 0 Å². The number of nitrogens with zero attached hydrogens (tertiary/aromatic N) is 2. The van der Waals surface area contributed by atoms with Crippen molar-refractivity contribution in [2.45, 2.75) is 38.0 Å². The fraction of sp³-hybridized carbons (Fsp3) is 0.556. The van der Waals surface area contributed by atoms with Crippen molar-refractivity contribution in [3.8, 4) is 0 Å². The lowest BCUT2D eigenvalue weighted by atomic mass is 10.2. The summed E-state index contributed by atoms with van der Waals surface area (Å²) in [4.78, 5) is 27.4. The molecule has 0 radical (unpaired) electrons. The molecule has 136 valence electrons. The Hall–Kier alpha value is -1.96. The van der Waals surface area contributed by atoms with Crippen LogP contribution in [0.15, 0.2) is 24.3 Å². The first-order valence-corrected chi connectivity index (χ1v) is 8.76. The monoisotopic (exact) mass is 347 g/mol. The highest BCUT2D eigenvalue weighted by Crippen LogP contribution is 2.21. The molecule has 0 aliphatic carbocycles. The number of aliphatic hydroxyl groups excluding tert-OH is 2. The van der Waals surface area contributed by atoms with E-state index < -0.39 is 6.10 Å². The summed E-state index contributed by atoms with van der Waals surface area (Å²) in [6, 6.07) is 7.49. The molecule has 0 saturated carbocycles. The predicted molar refractivity (Wildman–Crippen MR) is 92.9 cm³/mol. The Bertz CT molecular complexity index is 619. The van der Waals surface area contributed by atoms with Gasteiger partial charge in [-0.05, 0) is 30.5 Å². The van der Waals surface area contributed by atoms with E-state index in [1.54, 1.807) is 4.90 Å². The number of benzene rings is 1. The molecule has 2 aliphatic heterocycles. The van der Waals surface area contributed by atoms with Crippen molar-refractivity contribution in [1.29, 1.82) is 0 Å². The van der Waals surface area contributed by atoms with Gasteiger partial charge in [-0.25, -0.2) is 0 Å². The zero-order valence-electron chi connectivity index (χ0n) is 14.2. The van der Waals surface area contributed by atoms with Crippen LogP contribution in [0, 0.1) is 0 Å². The van der Waals surface area contributed by atoms with E-state index in [0.717, 1.165) is 24.2 Å². The molecule has 2 fully saturated rings. The van der Waals surface area contributed by atoms with Crippen molar-refractivity contribution < 1.29 is 19.8 Å². The Labute approximate surface area is 147 Å². The lowest BCUT2D eigenvalue weighted by Crippen LogP contribution is -2.41. The van der Waals surface area contributed by atoms with Crippen molar-refractivity contribution in [2.24, 2.45) is 0 Å². The van der Waals surface area contributed by atoms with Gasteiger partial charge >= 0.3 is 0 Å². The van der Waals surface area contributed by atoms with E-state index in [0.29, 0.717) is 25.9 Å². The van der Waals surface area contributed by atoms with Crippen molar-refractivity contribution in [3.63, 3.8) is 0 Å². The molecule has 0 bridgehead atoms. The van der Waals surface area contributed by atoms with Gasteiger partial charge in [0.1, 0.15) is 0 Å². The number of carbonyl (C=O) groups is 2. The third-order valence-electron chi connectivity index (χ3n) is 4.87. The van der Waals surface area contributed by atoms with Gasteiger partial charge in [-0.1, -0.05) is 12.1 Å². The minimum absolute atomic E-state index is 0.0545. The van der Waals surface area contributed by atoms with Crippen LogP contribution in [0.1, 0.15) is 24.8 Å². The number of hydrogen-bond donors (Lipinski definition) is 3. The first-order valence-electron chi connectivity index (χ1n) is 8.76. The summed E-state index contributed by atoms with van der Waals surface area (Å²) < 4.78 is 0. The quantitative estimate of drug-likeness (QED) is 0.666. The second kappa shape index (κ2) is 7.95. The number of nitrogens with one attached hydrogen (secondary N) is 1. The molecule has 2 saturated heterocycles. The van der Waals surface area contributed by atoms with Gasteiger partial charge in [0.05, 0.1) is 19.3 Å². The van der Waals surface area contributed by atoms with E-state index in [9.17, 15) is 19.8 Å². The van der Waals surface area contributed by atoms with Gasteiger partial charge in [0.2, 0.25) is 11.8 Å². The van der Waals surface area contributed by atoms with E-state index in [4.69, 9.17) is 0 Å². The maximum atomic E-state index is 12.1. The Morgan fingerprint density at radius 3 is 2.68 bits per heavy atom. The van der Waals surface area contributed by atoms with Gasteiger partial charge in [0, 0.05) is 37.8 Å². The largest absolute Gasteiger partial charge is 0.395 e. The number of carbonyl (C=O) groups excluding carboxylic acids is 2. The standard InChI is InChI=1S/C18H25N3O4/c22-12-15-8-16(23)10-20(15)11-17(24)19-9-13-3-5-14(6-4-13)21-7-1-2-18(21)25/h3-6,15-16,22-23H,1-2,7-12H2,(H,19,24)/t15-,16+/m0/s1. The highest BCUT2D eigenvalue weighted by atomic mass is 16.3. The highest BCUT2D eigenvalue weighted by Gasteiger charge is 2.31. The summed E-state index contributed by atoms with van der Waals surface area (Å²) in [6.07, 6.45) is 1.53. The fourth-order valence-corrected chi connectivity index (χ4v) is 3.50. The molecule has 2 aliphatic rings. The minimum atomic E-state index is -0.481. The molecule has 1 aromatic carbocycles. The smallest absolute Gasteiger partial charge is 0.234 e. The Balaban J connectivity index is 1.48. The summed E-state index contributed by atoms with van der Waals surface area (Å²) in [5, 5.41) is 21.8. The number of likely N-dealkylation sites (tertiary alicyclic amines) is 1. The second-order valence-corrected chi connectivity index (χ2v) is 6.75. The molecule has 7 heteroatoms. The van der Waals surface area contributed by atoms with Gasteiger partial charge in [-0.2, -0.15) is 0 Å². The molecular weight excluding hydrogens is 322 g/mol. The second-order valence-electron chi connectivity index (χ2n) is 6.75. The number of β-amino-alcohol motifs (C(OH)–C–C–N with tert-alkyl or cyclic N) is 1. The molecule has 0 unspecified atom stereocenters. The maximum absolute atomic E-state index is 12.1. The van der Waals surface area contributed by atoms with Crippen molar-refractivity contribution in [3.05, 3.63) is 29.8 Å². The fourth-order valence-electron chi connectivity index (χ4n) is 3.50. The molecule has 3 rings (SSSR count). The molecule has 7 nitrogen and oxygen atoms in total. The van der Waals surface area contributed by atoms with E-state index in [1.165, 1.54) is 0 Å². The molecule has 0 aromatic heterocycles. The summed E-state index contributed by atoms with van der Waals surface area (Å²) in [5.41, 5.74) is 1.86. The predicted octanol–water partition coefficient (Wildman–Crippen LogP) is -0.143. The topological polar surface area (TPSA) is 93.1 Å². The maximum Gasteiger partial charge on any atom is 0.234 e. The van der Waals surface area contributed by atoms with Crippen molar-refractivity contribution in [1.82, 2.24) is 10.2 Å². The lowest BCUT2D eigenvalue weighted by Gasteiger charge is -2.21. The van der Waals surface area contributed by atoms with Crippen LogP contribution >= 0.6 is 0 Å². The Morgan fingerprint density at radius 2 is 2.04 bits per heavy atom. The number of hydrogen-bond acceptors (Lipinski definition) is 5. The first kappa shape index (κ1) is 17.8. The van der Waals surface area contributed by atoms with Crippen LogP contribution in [0.3, 0.4) is 0 Å². The minimum Gasteiger partial charge on any atom is -0.395 e. The zero-order chi connectivity index (χ0) is 17.8. The molecule has 2 atom stereocenters. The molecule has 1 aromatic rings. The summed E-state index contributed by atoms with van der Waals surface area (Å²) in [6.45, 7) is 1.71. The molecule has 3 N–H and O–H groups in total. The van der Waals surface area contributed by atoms with Crippen LogP contribution in [0.5, 0.6) is 0 Å². The van der Waals surface area contributed by atoms with Crippen LogP contribution in [0.25, 0.3) is 0 Å². The van der Waals surface area contributed by atoms with Crippen LogP contribution in [-0.4, -0.2) is 65.3 Å². The Morgan fingerprint density at radius 1 is 1.28 bits per heavy atom. The first-order chi connectivity index (χ1) is 12.1. The van der Waals surface area contributed by atoms with E-state index in [1.807, 2.05) is 29.2 Å². The summed E-state index contributed by atoms with van der Waals surface area (Å²) >= 11 is 0. The SMILES string of the molecule is O=C(CN1C[C@H](O)C[C@H]1CO)NCc1ccc(N2CCCC2=O)cc1. The zero-order valence-corrected chi connectivity index (χ0v) is 14.2. The van der Waals surface area contributed by atoms with Crippen LogP contribution < -0.4 is 10.2 Å². The van der Waals surface area contributed by atoms with Gasteiger partial charge in [-0.15, -0.1) is 0 Å². The molecule has 0 spiro atoms. The van der Waals surface area contributed by atoms with Gasteiger partial charge in [-0.3, -0.25) is 14.5 Å². The van der Waals surface area contributed by atoms with Crippen LogP contribution in [-0.2, 0) is 16.1 Å². The van der Waals surface area contributed by atoms with Gasteiger partial charge in [0.15, 0.2) is 0 Å².